The van der Waals surface area contributed by atoms with Crippen molar-refractivity contribution in [2.75, 3.05) is 37.0 Å². The van der Waals surface area contributed by atoms with E-state index in [0.29, 0.717) is 13.2 Å². The summed E-state index contributed by atoms with van der Waals surface area (Å²) < 4.78 is 12.1. The second kappa shape index (κ2) is 12.9. The summed E-state index contributed by atoms with van der Waals surface area (Å²) in [5.41, 5.74) is 5.59. The summed E-state index contributed by atoms with van der Waals surface area (Å²) in [4.78, 5) is 36.0. The standard InChI is InChI=1S/C37H50N4O5/c1-23-19-30(32-31(20-23)41(36(44)37(32)14-15-37)28-13-18-45-24(2)21-28)33(35(42)43)40(3)27-11-12-29(22-27)46-17-5-4-8-26-10-9-25-7-6-16-38-34(25)39-26/h9-10,19-20,24,27-29,33H,4-8,11-18,21-22H2,1-3H3,(H,38,39)(H,42,43)/t24-,27+,28-,29+,33?/m1/s1. The number of carbonyl (C=O) groups is 2. The molecular formula is C37H50N4O5. The van der Waals surface area contributed by atoms with Crippen molar-refractivity contribution >= 4 is 23.4 Å². The number of rotatable bonds is 11. The zero-order valence-corrected chi connectivity index (χ0v) is 27.7. The summed E-state index contributed by atoms with van der Waals surface area (Å²) in [6.07, 6.45) is 11.3. The molecule has 2 N–H and O–H groups in total. The predicted octanol–water partition coefficient (Wildman–Crippen LogP) is 5.71. The van der Waals surface area contributed by atoms with E-state index in [9.17, 15) is 14.7 Å². The number of anilines is 2. The Bertz CT molecular complexity index is 1470. The van der Waals surface area contributed by atoms with Crippen molar-refractivity contribution in [3.05, 3.63) is 52.2 Å². The number of carboxylic acid groups (broad SMARTS) is 1. The lowest BCUT2D eigenvalue weighted by molar-refractivity contribution is -0.144. The lowest BCUT2D eigenvalue weighted by atomic mass is 9.87. The average molecular weight is 631 g/mol. The maximum Gasteiger partial charge on any atom is 0.325 e. The first kappa shape index (κ1) is 31.6. The van der Waals surface area contributed by atoms with E-state index in [0.717, 1.165) is 111 Å². The number of ether oxygens (including phenoxy) is 2. The van der Waals surface area contributed by atoms with Crippen LogP contribution >= 0.6 is 0 Å². The van der Waals surface area contributed by atoms with E-state index in [-0.39, 0.29) is 30.2 Å². The number of aryl methyl sites for hydroxylation is 3. The van der Waals surface area contributed by atoms with E-state index in [1.807, 2.05) is 24.9 Å². The number of nitrogens with one attached hydrogen (secondary N) is 1. The quantitative estimate of drug-likeness (QED) is 0.304. The topological polar surface area (TPSA) is 104 Å². The second-order valence-electron chi connectivity index (χ2n) is 14.5. The Balaban J connectivity index is 1.000. The number of aromatic nitrogens is 1. The van der Waals surface area contributed by atoms with Crippen molar-refractivity contribution in [2.45, 2.75) is 127 Å². The van der Waals surface area contributed by atoms with Crippen molar-refractivity contribution in [2.24, 2.45) is 0 Å². The maximum absolute atomic E-state index is 14.1. The molecule has 46 heavy (non-hydrogen) atoms. The molecule has 1 unspecified atom stereocenters. The van der Waals surface area contributed by atoms with Crippen molar-refractivity contribution in [3.63, 3.8) is 0 Å². The molecule has 2 saturated carbocycles. The third kappa shape index (κ3) is 5.95. The van der Waals surface area contributed by atoms with E-state index < -0.39 is 17.4 Å². The number of pyridine rings is 1. The zero-order chi connectivity index (χ0) is 32.0. The van der Waals surface area contributed by atoms with Gasteiger partial charge in [-0.15, -0.1) is 0 Å². The van der Waals surface area contributed by atoms with E-state index >= 15 is 0 Å². The molecule has 1 aromatic carbocycles. The third-order valence-electron chi connectivity index (χ3n) is 11.2. The highest BCUT2D eigenvalue weighted by molar-refractivity contribution is 6.11. The van der Waals surface area contributed by atoms with Gasteiger partial charge in [-0.1, -0.05) is 12.1 Å². The molecule has 0 bridgehead atoms. The van der Waals surface area contributed by atoms with Crippen LogP contribution in [0.5, 0.6) is 0 Å². The molecule has 3 fully saturated rings. The monoisotopic (exact) mass is 630 g/mol. The van der Waals surface area contributed by atoms with Crippen LogP contribution in [0.25, 0.3) is 0 Å². The fourth-order valence-corrected chi connectivity index (χ4v) is 8.67. The van der Waals surface area contributed by atoms with Gasteiger partial charge in [0.05, 0.1) is 17.6 Å². The fourth-order valence-electron chi connectivity index (χ4n) is 8.67. The van der Waals surface area contributed by atoms with Crippen LogP contribution in [0.1, 0.15) is 105 Å². The minimum absolute atomic E-state index is 0.0876. The van der Waals surface area contributed by atoms with Gasteiger partial charge in [0.2, 0.25) is 5.91 Å². The lowest BCUT2D eigenvalue weighted by Crippen LogP contribution is -2.45. The van der Waals surface area contributed by atoms with Crippen molar-refractivity contribution < 1.29 is 24.2 Å². The van der Waals surface area contributed by atoms with Gasteiger partial charge in [0.1, 0.15) is 11.9 Å². The number of carboxylic acids is 1. The number of carbonyl (C=O) groups excluding carboxylic acids is 1. The Morgan fingerprint density at radius 3 is 2.85 bits per heavy atom. The van der Waals surface area contributed by atoms with Gasteiger partial charge in [0.15, 0.2) is 0 Å². The highest BCUT2D eigenvalue weighted by Gasteiger charge is 2.62. The SMILES string of the molecule is Cc1cc(C(C(=O)O)N(C)[C@H]2CC[C@H](OCCCCc3ccc4c(n3)NCCC4)C2)c2c(c1)N([C@@H]1CCO[C@H](C)C1)C(=O)C21CC1. The Labute approximate surface area is 273 Å². The first-order chi connectivity index (χ1) is 22.2. The molecular weight excluding hydrogens is 580 g/mol. The van der Waals surface area contributed by atoms with Gasteiger partial charge in [-0.25, -0.2) is 4.98 Å². The molecule has 1 amide bonds. The van der Waals surface area contributed by atoms with Crippen LogP contribution in [0.15, 0.2) is 24.3 Å². The summed E-state index contributed by atoms with van der Waals surface area (Å²) in [7, 11) is 1.95. The summed E-state index contributed by atoms with van der Waals surface area (Å²) in [5, 5.41) is 14.1. The lowest BCUT2D eigenvalue weighted by Gasteiger charge is -2.35. The molecule has 2 aliphatic carbocycles. The molecule has 1 aromatic heterocycles. The van der Waals surface area contributed by atoms with Gasteiger partial charge in [-0.05, 0) is 132 Å². The van der Waals surface area contributed by atoms with Crippen molar-refractivity contribution in [1.82, 2.24) is 9.88 Å². The summed E-state index contributed by atoms with van der Waals surface area (Å²) in [6.45, 7) is 6.45. The Hall–Kier alpha value is -3.01. The Morgan fingerprint density at radius 2 is 2.07 bits per heavy atom. The number of hydrogen-bond acceptors (Lipinski definition) is 7. The number of hydrogen-bond donors (Lipinski definition) is 2. The van der Waals surface area contributed by atoms with Crippen LogP contribution in [0.4, 0.5) is 11.5 Å². The predicted molar refractivity (Wildman–Crippen MR) is 178 cm³/mol. The third-order valence-corrected chi connectivity index (χ3v) is 11.2. The van der Waals surface area contributed by atoms with Gasteiger partial charge < -0.3 is 24.8 Å². The molecule has 3 aliphatic heterocycles. The number of aliphatic carboxylic acids is 1. The molecule has 248 valence electrons. The molecule has 7 rings (SSSR count). The maximum atomic E-state index is 14.1. The first-order valence-electron chi connectivity index (χ1n) is 17.6. The molecule has 0 radical (unpaired) electrons. The molecule has 2 aromatic rings. The highest BCUT2D eigenvalue weighted by atomic mass is 16.5. The second-order valence-corrected chi connectivity index (χ2v) is 14.5. The molecule has 9 heteroatoms. The number of benzene rings is 1. The van der Waals surface area contributed by atoms with E-state index in [4.69, 9.17) is 14.5 Å². The summed E-state index contributed by atoms with van der Waals surface area (Å²) in [5.74, 6) is 0.363. The van der Waals surface area contributed by atoms with E-state index in [1.54, 1.807) is 0 Å². The number of nitrogens with zero attached hydrogens (tertiary/aromatic N) is 3. The molecule has 1 spiro atoms. The smallest absolute Gasteiger partial charge is 0.325 e. The number of likely N-dealkylation sites (N-methyl/N-ethyl adjacent to an activating group) is 1. The molecule has 5 atom stereocenters. The van der Waals surface area contributed by atoms with Gasteiger partial charge in [0.25, 0.3) is 0 Å². The summed E-state index contributed by atoms with van der Waals surface area (Å²) >= 11 is 0. The van der Waals surface area contributed by atoms with Crippen LogP contribution in [0, 0.1) is 6.92 Å². The van der Waals surface area contributed by atoms with Gasteiger partial charge in [0, 0.05) is 43.2 Å². The van der Waals surface area contributed by atoms with Gasteiger partial charge in [-0.2, -0.15) is 0 Å². The van der Waals surface area contributed by atoms with Crippen LogP contribution in [-0.4, -0.2) is 78.0 Å². The van der Waals surface area contributed by atoms with E-state index in [1.165, 1.54) is 12.0 Å². The average Bonchev–Trinajstić information content (AvgIpc) is 3.62. The molecule has 5 aliphatic rings. The fraction of sp³-hybridized carbons (Fsp3) is 0.649. The number of unbranched alkanes of at least 4 members (excludes halogenated alkanes) is 1. The van der Waals surface area contributed by atoms with Gasteiger partial charge >= 0.3 is 5.97 Å². The van der Waals surface area contributed by atoms with Crippen LogP contribution in [0.3, 0.4) is 0 Å². The van der Waals surface area contributed by atoms with Crippen molar-refractivity contribution in [3.8, 4) is 0 Å². The minimum Gasteiger partial charge on any atom is -0.480 e. The number of fused-ring (bicyclic) bond motifs is 3. The molecule has 9 nitrogen and oxygen atoms in total. The molecule has 4 heterocycles. The van der Waals surface area contributed by atoms with Gasteiger partial charge in [-0.3, -0.25) is 14.5 Å². The first-order valence-corrected chi connectivity index (χ1v) is 17.6. The normalized spacial score (nSPS) is 27.0. The van der Waals surface area contributed by atoms with Crippen LogP contribution in [0.2, 0.25) is 0 Å². The summed E-state index contributed by atoms with van der Waals surface area (Å²) in [6, 6.07) is 7.91. The van der Waals surface area contributed by atoms with Crippen LogP contribution < -0.4 is 10.2 Å². The van der Waals surface area contributed by atoms with Crippen LogP contribution in [-0.2, 0) is 37.3 Å². The molecule has 1 saturated heterocycles. The van der Waals surface area contributed by atoms with E-state index in [2.05, 4.69) is 35.3 Å². The highest BCUT2D eigenvalue weighted by Crippen LogP contribution is 2.60. The van der Waals surface area contributed by atoms with Crippen molar-refractivity contribution in [1.29, 1.82) is 0 Å². The zero-order valence-electron chi connectivity index (χ0n) is 27.7. The largest absolute Gasteiger partial charge is 0.480 e. The Kier molecular flexibility index (Phi) is 8.85. The number of amides is 1. The Morgan fingerprint density at radius 1 is 1.22 bits per heavy atom. The minimum atomic E-state index is -0.855.